The van der Waals surface area contributed by atoms with Crippen molar-refractivity contribution in [2.45, 2.75) is 13.0 Å². The van der Waals surface area contributed by atoms with Gasteiger partial charge in [0.05, 0.1) is 12.0 Å². The van der Waals surface area contributed by atoms with E-state index < -0.39 is 0 Å². The van der Waals surface area contributed by atoms with E-state index in [1.807, 2.05) is 66.9 Å². The van der Waals surface area contributed by atoms with Crippen LogP contribution in [0, 0.1) is 6.92 Å². The third kappa shape index (κ3) is 2.63. The molecule has 1 aromatic carbocycles. The number of hydrogen-bond acceptors (Lipinski definition) is 4. The van der Waals surface area contributed by atoms with Crippen molar-refractivity contribution in [1.29, 1.82) is 0 Å². The largest absolute Gasteiger partial charge is 0.463 e. The Balaban J connectivity index is 1.70. The summed E-state index contributed by atoms with van der Waals surface area (Å²) in [6, 6.07) is 15.2. The number of carbonyl (C=O) groups is 1. The summed E-state index contributed by atoms with van der Waals surface area (Å²) >= 11 is 1.63. The van der Waals surface area contributed by atoms with Crippen LogP contribution in [0.3, 0.4) is 0 Å². The highest BCUT2D eigenvalue weighted by atomic mass is 32.1. The molecule has 4 nitrogen and oxygen atoms in total. The summed E-state index contributed by atoms with van der Waals surface area (Å²) in [6.07, 6.45) is 3.65. The predicted octanol–water partition coefficient (Wildman–Crippen LogP) is 4.39. The maximum absolute atomic E-state index is 13.0. The number of furan rings is 1. The maximum atomic E-state index is 13.0. The lowest BCUT2D eigenvalue weighted by Gasteiger charge is -2.24. The Bertz CT molecular complexity index is 882. The summed E-state index contributed by atoms with van der Waals surface area (Å²) in [4.78, 5) is 14.1. The summed E-state index contributed by atoms with van der Waals surface area (Å²) in [5.41, 5.74) is 5.74. The lowest BCUT2D eigenvalue weighted by atomic mass is 10.1. The molecule has 0 spiro atoms. The van der Waals surface area contributed by atoms with E-state index in [2.05, 4.69) is 5.43 Å². The lowest BCUT2D eigenvalue weighted by molar-refractivity contribution is 0.0674. The zero-order valence-corrected chi connectivity index (χ0v) is 13.9. The van der Waals surface area contributed by atoms with E-state index in [0.717, 1.165) is 21.9 Å². The molecule has 0 aliphatic carbocycles. The predicted molar refractivity (Wildman–Crippen MR) is 94.2 cm³/mol. The van der Waals surface area contributed by atoms with Crippen molar-refractivity contribution in [3.05, 3.63) is 88.0 Å². The van der Waals surface area contributed by atoms with Crippen LogP contribution in [0.4, 0.5) is 0 Å². The van der Waals surface area contributed by atoms with E-state index in [0.29, 0.717) is 5.56 Å². The minimum absolute atomic E-state index is 0.0603. The summed E-state index contributed by atoms with van der Waals surface area (Å²) in [7, 11) is 0. The molecule has 0 bridgehead atoms. The van der Waals surface area contributed by atoms with Gasteiger partial charge in [0.1, 0.15) is 6.04 Å². The molecule has 5 heteroatoms. The van der Waals surface area contributed by atoms with Crippen molar-refractivity contribution >= 4 is 22.9 Å². The first kappa shape index (κ1) is 14.8. The van der Waals surface area contributed by atoms with Crippen LogP contribution in [0.5, 0.6) is 0 Å². The Morgan fingerprint density at radius 3 is 2.83 bits per heavy atom. The summed E-state index contributed by atoms with van der Waals surface area (Å²) < 4.78 is 5.47. The van der Waals surface area contributed by atoms with E-state index in [1.165, 1.54) is 0 Å². The summed E-state index contributed by atoms with van der Waals surface area (Å²) in [5.74, 6) is 0.658. The molecule has 0 radical (unpaired) electrons. The topological polar surface area (TPSA) is 45.5 Å². The van der Waals surface area contributed by atoms with Crippen molar-refractivity contribution in [2.24, 2.45) is 0 Å². The van der Waals surface area contributed by atoms with Gasteiger partial charge in [-0.1, -0.05) is 23.8 Å². The van der Waals surface area contributed by atoms with Crippen LogP contribution >= 0.6 is 11.3 Å². The highest BCUT2D eigenvalue weighted by Crippen LogP contribution is 2.34. The van der Waals surface area contributed by atoms with E-state index >= 15 is 0 Å². The Kier molecular flexibility index (Phi) is 3.70. The van der Waals surface area contributed by atoms with Crippen molar-refractivity contribution in [1.82, 2.24) is 10.4 Å². The van der Waals surface area contributed by atoms with Gasteiger partial charge in [0.2, 0.25) is 0 Å². The second-order valence-corrected chi connectivity index (χ2v) is 6.65. The molecule has 1 amide bonds. The molecule has 0 saturated carbocycles. The van der Waals surface area contributed by atoms with Gasteiger partial charge in [0.25, 0.3) is 5.91 Å². The van der Waals surface area contributed by atoms with Crippen molar-refractivity contribution in [3.8, 4) is 0 Å². The molecular formula is C19H16N2O2S. The van der Waals surface area contributed by atoms with Gasteiger partial charge in [-0.3, -0.25) is 10.2 Å². The van der Waals surface area contributed by atoms with Gasteiger partial charge < -0.3 is 4.42 Å². The number of rotatable bonds is 3. The van der Waals surface area contributed by atoms with Crippen LogP contribution in [0.15, 0.2) is 70.7 Å². The van der Waals surface area contributed by atoms with Gasteiger partial charge >= 0.3 is 0 Å². The number of hydrogen-bond donors (Lipinski definition) is 1. The van der Waals surface area contributed by atoms with Gasteiger partial charge in [-0.2, -0.15) is 0 Å². The fourth-order valence-corrected chi connectivity index (χ4v) is 3.59. The SMILES string of the molecule is Cc1cccc(C(=O)N2NC(c3ccco3)=CC2c2cccs2)c1. The van der Waals surface area contributed by atoms with Crippen molar-refractivity contribution in [3.63, 3.8) is 0 Å². The van der Waals surface area contributed by atoms with Crippen LogP contribution in [0.2, 0.25) is 0 Å². The number of carbonyl (C=O) groups excluding carboxylic acids is 1. The minimum atomic E-state index is -0.155. The lowest BCUT2D eigenvalue weighted by Crippen LogP contribution is -2.39. The molecule has 0 fully saturated rings. The highest BCUT2D eigenvalue weighted by molar-refractivity contribution is 7.10. The minimum Gasteiger partial charge on any atom is -0.463 e. The standard InChI is InChI=1S/C19H16N2O2S/c1-13-5-2-6-14(11-13)19(22)21-16(18-8-4-10-24-18)12-15(20-21)17-7-3-9-23-17/h2-12,16,20H,1H3. The third-order valence-corrected chi connectivity index (χ3v) is 4.89. The Labute approximate surface area is 144 Å². The first-order valence-corrected chi connectivity index (χ1v) is 8.56. The van der Waals surface area contributed by atoms with Crippen LogP contribution in [0.25, 0.3) is 5.70 Å². The quantitative estimate of drug-likeness (QED) is 0.771. The van der Waals surface area contributed by atoms with E-state index in [-0.39, 0.29) is 11.9 Å². The molecule has 1 unspecified atom stereocenters. The molecule has 1 aliphatic rings. The van der Waals surface area contributed by atoms with E-state index in [9.17, 15) is 4.79 Å². The molecule has 3 heterocycles. The zero-order valence-electron chi connectivity index (χ0n) is 13.1. The Hall–Kier alpha value is -2.79. The molecule has 2 aromatic heterocycles. The van der Waals surface area contributed by atoms with Gasteiger partial charge in [-0.15, -0.1) is 11.3 Å². The third-order valence-electron chi connectivity index (χ3n) is 3.95. The molecule has 0 saturated heterocycles. The molecular weight excluding hydrogens is 320 g/mol. The number of aryl methyl sites for hydroxylation is 1. The van der Waals surface area contributed by atoms with E-state index in [1.54, 1.807) is 22.6 Å². The van der Waals surface area contributed by atoms with Gasteiger partial charge in [0.15, 0.2) is 5.76 Å². The fourth-order valence-electron chi connectivity index (χ4n) is 2.80. The van der Waals surface area contributed by atoms with Crippen LogP contribution in [0.1, 0.15) is 32.6 Å². The highest BCUT2D eigenvalue weighted by Gasteiger charge is 2.32. The van der Waals surface area contributed by atoms with Crippen LogP contribution in [-0.2, 0) is 0 Å². The maximum Gasteiger partial charge on any atom is 0.273 e. The Morgan fingerprint density at radius 2 is 2.12 bits per heavy atom. The normalized spacial score (nSPS) is 16.8. The van der Waals surface area contributed by atoms with Crippen molar-refractivity contribution < 1.29 is 9.21 Å². The summed E-state index contributed by atoms with van der Waals surface area (Å²) in [5, 5.41) is 3.68. The molecule has 1 aliphatic heterocycles. The van der Waals surface area contributed by atoms with Gasteiger partial charge in [-0.05, 0) is 48.7 Å². The van der Waals surface area contributed by atoms with Crippen molar-refractivity contribution in [2.75, 3.05) is 0 Å². The molecule has 24 heavy (non-hydrogen) atoms. The zero-order chi connectivity index (χ0) is 16.5. The first-order valence-electron chi connectivity index (χ1n) is 7.68. The first-order chi connectivity index (χ1) is 11.7. The van der Waals surface area contributed by atoms with E-state index in [4.69, 9.17) is 4.42 Å². The fraction of sp³-hybridized carbons (Fsp3) is 0.105. The van der Waals surface area contributed by atoms with Gasteiger partial charge in [-0.25, -0.2) is 5.01 Å². The number of nitrogens with one attached hydrogen (secondary N) is 1. The second kappa shape index (κ2) is 6.02. The number of hydrazine groups is 1. The van der Waals surface area contributed by atoms with Crippen LogP contribution < -0.4 is 5.43 Å². The average Bonchev–Trinajstić information content (AvgIpc) is 3.32. The molecule has 1 N–H and O–H groups in total. The second-order valence-electron chi connectivity index (χ2n) is 5.67. The van der Waals surface area contributed by atoms with Gasteiger partial charge in [0, 0.05) is 10.4 Å². The molecule has 1 atom stereocenters. The number of amides is 1. The molecule has 3 aromatic rings. The molecule has 120 valence electrons. The Morgan fingerprint density at radius 1 is 1.21 bits per heavy atom. The van der Waals surface area contributed by atoms with Crippen LogP contribution in [-0.4, -0.2) is 10.9 Å². The molecule has 4 rings (SSSR count). The smallest absolute Gasteiger partial charge is 0.273 e. The number of nitrogens with zero attached hydrogens (tertiary/aromatic N) is 1. The number of benzene rings is 1. The monoisotopic (exact) mass is 336 g/mol. The average molecular weight is 336 g/mol. The number of thiophene rings is 1. The summed E-state index contributed by atoms with van der Waals surface area (Å²) in [6.45, 7) is 1.98.